The molecule has 0 radical (unpaired) electrons. The van der Waals surface area contributed by atoms with Crippen LogP contribution in [0.5, 0.6) is 0 Å². The number of benzene rings is 1. The van der Waals surface area contributed by atoms with Crippen LogP contribution in [0.1, 0.15) is 30.6 Å². The summed E-state index contributed by atoms with van der Waals surface area (Å²) in [6, 6.07) is 4.62. The number of nitrogens with two attached hydrogens (primary N) is 1. The van der Waals surface area contributed by atoms with Gasteiger partial charge in [-0.3, -0.25) is 9.59 Å². The number of carbonyl (C=O) groups is 2. The normalized spacial score (nSPS) is 11.6. The van der Waals surface area contributed by atoms with Crippen LogP contribution >= 0.6 is 35.6 Å². The molecule has 5 nitrogen and oxygen atoms in total. The van der Waals surface area contributed by atoms with Gasteiger partial charge in [-0.2, -0.15) is 0 Å². The largest absolute Gasteiger partial charge is 0.344 e. The molecule has 1 rings (SSSR count). The van der Waals surface area contributed by atoms with Crippen molar-refractivity contribution in [2.75, 3.05) is 20.1 Å². The van der Waals surface area contributed by atoms with Gasteiger partial charge in [-0.25, -0.2) is 0 Å². The van der Waals surface area contributed by atoms with E-state index < -0.39 is 0 Å². The van der Waals surface area contributed by atoms with Gasteiger partial charge in [0.05, 0.1) is 16.6 Å². The Morgan fingerprint density at radius 1 is 1.25 bits per heavy atom. The number of halogens is 3. The van der Waals surface area contributed by atoms with Crippen LogP contribution < -0.4 is 11.1 Å². The first-order valence-corrected chi connectivity index (χ1v) is 8.20. The first kappa shape index (κ1) is 23.0. The number of nitrogens with one attached hydrogen (secondary N) is 1. The van der Waals surface area contributed by atoms with E-state index in [2.05, 4.69) is 5.32 Å². The van der Waals surface area contributed by atoms with Crippen molar-refractivity contribution in [2.45, 2.75) is 26.3 Å². The Labute approximate surface area is 159 Å². The molecule has 0 aliphatic heterocycles. The van der Waals surface area contributed by atoms with Gasteiger partial charge >= 0.3 is 0 Å². The molecule has 2 amide bonds. The first-order chi connectivity index (χ1) is 10.7. The second-order valence-corrected chi connectivity index (χ2v) is 6.64. The van der Waals surface area contributed by atoms with Gasteiger partial charge in [0.2, 0.25) is 5.91 Å². The van der Waals surface area contributed by atoms with Crippen molar-refractivity contribution >= 4 is 47.4 Å². The summed E-state index contributed by atoms with van der Waals surface area (Å²) < 4.78 is 0. The highest BCUT2D eigenvalue weighted by Gasteiger charge is 2.14. The molecule has 0 spiro atoms. The van der Waals surface area contributed by atoms with Gasteiger partial charge in [-0.15, -0.1) is 12.4 Å². The highest BCUT2D eigenvalue weighted by Crippen LogP contribution is 2.22. The van der Waals surface area contributed by atoms with E-state index in [0.29, 0.717) is 28.1 Å². The molecule has 24 heavy (non-hydrogen) atoms. The van der Waals surface area contributed by atoms with Crippen LogP contribution in [-0.4, -0.2) is 42.9 Å². The lowest BCUT2D eigenvalue weighted by molar-refractivity contribution is -0.128. The van der Waals surface area contributed by atoms with Crippen molar-refractivity contribution in [1.82, 2.24) is 10.2 Å². The number of amides is 2. The lowest BCUT2D eigenvalue weighted by atomic mass is 10.0. The van der Waals surface area contributed by atoms with Crippen LogP contribution in [0.15, 0.2) is 18.2 Å². The van der Waals surface area contributed by atoms with Gasteiger partial charge < -0.3 is 16.0 Å². The fourth-order valence-electron chi connectivity index (χ4n) is 1.83. The monoisotopic (exact) mass is 395 g/mol. The van der Waals surface area contributed by atoms with Crippen LogP contribution in [0.3, 0.4) is 0 Å². The maximum atomic E-state index is 12.0. The standard InChI is InChI=1S/C16H23Cl2N3O2.ClH/c1-10(2)14(19)6-7-21(3)15(22)9-20-16(23)11-4-5-12(17)13(18)8-11;/h4-5,8,10,14H,6-7,9,19H2,1-3H3,(H,20,23);1H. The van der Waals surface area contributed by atoms with Gasteiger partial charge in [0.15, 0.2) is 0 Å². The molecular formula is C16H24Cl3N3O2. The number of hydrogen-bond acceptors (Lipinski definition) is 3. The minimum atomic E-state index is -0.371. The van der Waals surface area contributed by atoms with E-state index in [1.807, 2.05) is 13.8 Å². The minimum absolute atomic E-state index is 0. The Morgan fingerprint density at radius 2 is 1.88 bits per heavy atom. The quantitative estimate of drug-likeness (QED) is 0.744. The molecule has 136 valence electrons. The van der Waals surface area contributed by atoms with Crippen LogP contribution in [0.2, 0.25) is 10.0 Å². The fourth-order valence-corrected chi connectivity index (χ4v) is 2.13. The summed E-state index contributed by atoms with van der Waals surface area (Å²) in [6.07, 6.45) is 0.723. The third kappa shape index (κ3) is 7.26. The van der Waals surface area contributed by atoms with Crippen molar-refractivity contribution in [2.24, 2.45) is 11.7 Å². The Hall–Kier alpha value is -1.01. The molecule has 1 aromatic rings. The summed E-state index contributed by atoms with van der Waals surface area (Å²) in [5.41, 5.74) is 6.32. The summed E-state index contributed by atoms with van der Waals surface area (Å²) in [5, 5.41) is 3.25. The maximum Gasteiger partial charge on any atom is 0.251 e. The molecule has 0 bridgehead atoms. The third-order valence-corrected chi connectivity index (χ3v) is 4.40. The molecule has 1 unspecified atom stereocenters. The molecule has 0 aliphatic rings. The van der Waals surface area contributed by atoms with E-state index in [-0.39, 0.29) is 36.8 Å². The summed E-state index contributed by atoms with van der Waals surface area (Å²) in [5.74, 6) is -0.175. The Balaban J connectivity index is 0.00000529. The zero-order valence-corrected chi connectivity index (χ0v) is 16.3. The van der Waals surface area contributed by atoms with E-state index in [1.54, 1.807) is 24.1 Å². The third-order valence-electron chi connectivity index (χ3n) is 3.66. The van der Waals surface area contributed by atoms with Gasteiger partial charge in [0, 0.05) is 25.2 Å². The van der Waals surface area contributed by atoms with E-state index in [9.17, 15) is 9.59 Å². The summed E-state index contributed by atoms with van der Waals surface area (Å²) in [7, 11) is 1.70. The number of hydrogen-bond donors (Lipinski definition) is 2. The van der Waals surface area contributed by atoms with Crippen LogP contribution in [0.25, 0.3) is 0 Å². The second-order valence-electron chi connectivity index (χ2n) is 5.82. The van der Waals surface area contributed by atoms with Gasteiger partial charge in [-0.1, -0.05) is 37.0 Å². The maximum absolute atomic E-state index is 12.0. The minimum Gasteiger partial charge on any atom is -0.344 e. The van der Waals surface area contributed by atoms with Crippen molar-refractivity contribution in [1.29, 1.82) is 0 Å². The number of rotatable bonds is 7. The average molecular weight is 397 g/mol. The van der Waals surface area contributed by atoms with Crippen molar-refractivity contribution < 1.29 is 9.59 Å². The lowest BCUT2D eigenvalue weighted by Gasteiger charge is -2.21. The molecular weight excluding hydrogens is 373 g/mol. The highest BCUT2D eigenvalue weighted by molar-refractivity contribution is 6.42. The number of carbonyl (C=O) groups excluding carboxylic acids is 2. The molecule has 0 aromatic heterocycles. The molecule has 0 saturated carbocycles. The molecule has 0 aliphatic carbocycles. The Bertz CT molecular complexity index is 567. The Kier molecular flexibility index (Phi) is 10.3. The predicted molar refractivity (Wildman–Crippen MR) is 101 cm³/mol. The summed E-state index contributed by atoms with van der Waals surface area (Å²) in [4.78, 5) is 25.6. The summed E-state index contributed by atoms with van der Waals surface area (Å²) in [6.45, 7) is 4.57. The van der Waals surface area contributed by atoms with Crippen LogP contribution in [0, 0.1) is 5.92 Å². The van der Waals surface area contributed by atoms with Crippen LogP contribution in [-0.2, 0) is 4.79 Å². The zero-order valence-electron chi connectivity index (χ0n) is 14.0. The Morgan fingerprint density at radius 3 is 2.42 bits per heavy atom. The van der Waals surface area contributed by atoms with Gasteiger partial charge in [-0.05, 0) is 30.5 Å². The SMILES string of the molecule is CC(C)C(N)CCN(C)C(=O)CNC(=O)c1ccc(Cl)c(Cl)c1.Cl. The van der Waals surface area contributed by atoms with Gasteiger partial charge in [0.1, 0.15) is 0 Å². The smallest absolute Gasteiger partial charge is 0.251 e. The van der Waals surface area contributed by atoms with E-state index in [4.69, 9.17) is 28.9 Å². The lowest BCUT2D eigenvalue weighted by Crippen LogP contribution is -2.40. The van der Waals surface area contributed by atoms with Crippen molar-refractivity contribution in [3.8, 4) is 0 Å². The fraction of sp³-hybridized carbons (Fsp3) is 0.500. The van der Waals surface area contributed by atoms with Crippen molar-refractivity contribution in [3.05, 3.63) is 33.8 Å². The second kappa shape index (κ2) is 10.8. The molecule has 0 heterocycles. The molecule has 0 fully saturated rings. The molecule has 0 saturated heterocycles. The first-order valence-electron chi connectivity index (χ1n) is 7.45. The number of likely N-dealkylation sites (N-methyl/N-ethyl adjacent to an activating group) is 1. The highest BCUT2D eigenvalue weighted by atomic mass is 35.5. The molecule has 1 atom stereocenters. The molecule has 1 aromatic carbocycles. The molecule has 3 N–H and O–H groups in total. The van der Waals surface area contributed by atoms with Crippen LogP contribution in [0.4, 0.5) is 0 Å². The number of nitrogens with zero attached hydrogens (tertiary/aromatic N) is 1. The zero-order chi connectivity index (χ0) is 17.6. The van der Waals surface area contributed by atoms with Crippen molar-refractivity contribution in [3.63, 3.8) is 0 Å². The van der Waals surface area contributed by atoms with E-state index in [1.165, 1.54) is 6.07 Å². The topological polar surface area (TPSA) is 75.4 Å². The summed E-state index contributed by atoms with van der Waals surface area (Å²) >= 11 is 11.7. The predicted octanol–water partition coefficient (Wildman–Crippen LogP) is 2.98. The van der Waals surface area contributed by atoms with Gasteiger partial charge in [0.25, 0.3) is 5.91 Å². The molecule has 8 heteroatoms. The van der Waals surface area contributed by atoms with E-state index >= 15 is 0 Å². The average Bonchev–Trinajstić information content (AvgIpc) is 2.51. The van der Waals surface area contributed by atoms with E-state index in [0.717, 1.165) is 6.42 Å².